The molecule has 0 amide bonds. The van der Waals surface area contributed by atoms with Crippen molar-refractivity contribution in [2.75, 3.05) is 31.9 Å². The molecule has 0 aliphatic carbocycles. The molecule has 1 heterocycles. The molecule has 13 heteroatoms. The topological polar surface area (TPSA) is 121 Å². The minimum absolute atomic E-state index is 0.0250. The Hall–Kier alpha value is -2.74. The largest absolute Gasteiger partial charge is 0.480 e. The van der Waals surface area contributed by atoms with Crippen molar-refractivity contribution in [1.82, 2.24) is 9.62 Å². The number of sulfone groups is 1. The fourth-order valence-corrected chi connectivity index (χ4v) is 6.46. The van der Waals surface area contributed by atoms with Crippen molar-refractivity contribution in [2.45, 2.75) is 35.2 Å². The molecule has 1 fully saturated rings. The van der Waals surface area contributed by atoms with E-state index in [0.717, 1.165) is 37.1 Å². The van der Waals surface area contributed by atoms with Crippen molar-refractivity contribution < 1.29 is 39.9 Å². The lowest BCUT2D eigenvalue weighted by atomic mass is 9.94. The number of halogens is 3. The number of hydrogen-bond acceptors (Lipinski definition) is 6. The molecule has 38 heavy (non-hydrogen) atoms. The zero-order chi connectivity index (χ0) is 28.0. The molecule has 2 N–H and O–H groups in total. The molecule has 1 aliphatic rings. The number of nitrogens with one attached hydrogen (secondary N) is 1. The van der Waals surface area contributed by atoms with Gasteiger partial charge < -0.3 is 5.11 Å². The molecule has 0 aromatic heterocycles. The highest BCUT2D eigenvalue weighted by Gasteiger charge is 2.33. The zero-order valence-corrected chi connectivity index (χ0v) is 22.0. The first-order valence-electron chi connectivity index (χ1n) is 11.9. The van der Waals surface area contributed by atoms with Crippen LogP contribution in [0.2, 0.25) is 0 Å². The number of carboxylic acid groups (broad SMARTS) is 1. The van der Waals surface area contributed by atoms with Crippen molar-refractivity contribution in [1.29, 1.82) is 0 Å². The molecule has 1 saturated heterocycles. The van der Waals surface area contributed by atoms with Crippen LogP contribution in [0.15, 0.2) is 64.4 Å². The van der Waals surface area contributed by atoms with E-state index in [-0.39, 0.29) is 28.8 Å². The first-order valence-corrected chi connectivity index (χ1v) is 15.0. The number of carbonyl (C=O) groups is 1. The number of sulfonamides is 1. The molecule has 0 radical (unpaired) electrons. The molecule has 1 aliphatic heterocycles. The summed E-state index contributed by atoms with van der Waals surface area (Å²) in [6.45, 7) is 1.36. The van der Waals surface area contributed by atoms with E-state index in [1.54, 1.807) is 6.07 Å². The van der Waals surface area contributed by atoms with Crippen LogP contribution in [0, 0.1) is 5.92 Å². The minimum atomic E-state index is -4.77. The number of hydrogen-bond donors (Lipinski definition) is 2. The van der Waals surface area contributed by atoms with Crippen molar-refractivity contribution in [3.63, 3.8) is 0 Å². The van der Waals surface area contributed by atoms with E-state index in [1.807, 2.05) is 4.90 Å². The SMILES string of the molecule is O=C(O)CN1CCC(CCNS(=O)(=O)CC=Cc2cc(S(=O)(=O)c3ccccc3)ccc2C(F)(F)F)CC1. The monoisotopic (exact) mass is 574 g/mol. The first-order chi connectivity index (χ1) is 17.8. The van der Waals surface area contributed by atoms with Gasteiger partial charge in [-0.1, -0.05) is 30.4 Å². The summed E-state index contributed by atoms with van der Waals surface area (Å²) in [4.78, 5) is 12.2. The Labute approximate surface area is 220 Å². The molecule has 2 aromatic rings. The standard InChI is InChI=1S/C25H29F3N2O6S2/c26-25(27,28)23-9-8-22(38(35,36)21-6-2-1-3-7-21)17-20(23)5-4-16-37(33,34)29-13-10-19-11-14-30(15-12-19)18-24(31)32/h1-9,17,19,29H,10-16,18H2,(H,31,32). The Morgan fingerprint density at radius 1 is 1.03 bits per heavy atom. The molecule has 0 bridgehead atoms. The van der Waals surface area contributed by atoms with Gasteiger partial charge in [-0.25, -0.2) is 21.6 Å². The summed E-state index contributed by atoms with van der Waals surface area (Å²) in [5.74, 6) is -1.24. The van der Waals surface area contributed by atoms with Gasteiger partial charge in [0.1, 0.15) is 0 Å². The molecule has 0 saturated carbocycles. The highest BCUT2D eigenvalue weighted by atomic mass is 32.2. The van der Waals surface area contributed by atoms with Gasteiger partial charge in [-0.3, -0.25) is 9.69 Å². The second-order valence-corrected chi connectivity index (χ2v) is 12.8. The third-order valence-electron chi connectivity index (χ3n) is 6.25. The molecule has 2 aromatic carbocycles. The Morgan fingerprint density at radius 2 is 1.68 bits per heavy atom. The number of carboxylic acids is 1. The number of nitrogens with zero attached hydrogens (tertiary/aromatic N) is 1. The van der Waals surface area contributed by atoms with Crippen LogP contribution >= 0.6 is 0 Å². The van der Waals surface area contributed by atoms with E-state index in [1.165, 1.54) is 24.3 Å². The average molecular weight is 575 g/mol. The summed E-state index contributed by atoms with van der Waals surface area (Å²) in [5.41, 5.74) is -1.54. The zero-order valence-electron chi connectivity index (χ0n) is 20.4. The van der Waals surface area contributed by atoms with E-state index in [4.69, 9.17) is 5.11 Å². The quantitative estimate of drug-likeness (QED) is 0.420. The third kappa shape index (κ3) is 8.38. The Balaban J connectivity index is 1.64. The molecule has 0 spiro atoms. The fourth-order valence-electron chi connectivity index (χ4n) is 4.24. The van der Waals surface area contributed by atoms with E-state index < -0.39 is 48.9 Å². The molecule has 0 unspecified atom stereocenters. The Bertz CT molecular complexity index is 1350. The highest BCUT2D eigenvalue weighted by molar-refractivity contribution is 7.91. The third-order valence-corrected chi connectivity index (χ3v) is 9.29. The van der Waals surface area contributed by atoms with Gasteiger partial charge in [0.25, 0.3) is 0 Å². The summed E-state index contributed by atoms with van der Waals surface area (Å²) >= 11 is 0. The smallest absolute Gasteiger partial charge is 0.416 e. The summed E-state index contributed by atoms with van der Waals surface area (Å²) in [5, 5.41) is 8.85. The van der Waals surface area contributed by atoms with Crippen LogP contribution < -0.4 is 4.72 Å². The maximum absolute atomic E-state index is 13.5. The molecule has 3 rings (SSSR count). The lowest BCUT2D eigenvalue weighted by Crippen LogP contribution is -2.38. The van der Waals surface area contributed by atoms with Gasteiger partial charge in [-0.15, -0.1) is 0 Å². The number of likely N-dealkylation sites (tertiary alicyclic amines) is 1. The van der Waals surface area contributed by atoms with Gasteiger partial charge in [0.05, 0.1) is 27.7 Å². The van der Waals surface area contributed by atoms with E-state index in [2.05, 4.69) is 4.72 Å². The van der Waals surface area contributed by atoms with Gasteiger partial charge in [0.2, 0.25) is 19.9 Å². The van der Waals surface area contributed by atoms with E-state index in [0.29, 0.717) is 25.6 Å². The van der Waals surface area contributed by atoms with Crippen LogP contribution in [0.3, 0.4) is 0 Å². The number of benzene rings is 2. The molecule has 208 valence electrons. The summed E-state index contributed by atoms with van der Waals surface area (Å²) in [7, 11) is -7.91. The van der Waals surface area contributed by atoms with Gasteiger partial charge >= 0.3 is 12.1 Å². The molecular formula is C25H29F3N2O6S2. The normalized spacial score (nSPS) is 16.2. The predicted octanol–water partition coefficient (Wildman–Crippen LogP) is 3.66. The second-order valence-electron chi connectivity index (χ2n) is 9.04. The Kier molecular flexibility index (Phi) is 9.74. The molecule has 8 nitrogen and oxygen atoms in total. The maximum Gasteiger partial charge on any atom is 0.416 e. The Morgan fingerprint density at radius 3 is 2.29 bits per heavy atom. The first kappa shape index (κ1) is 29.8. The van der Waals surface area contributed by atoms with E-state index in [9.17, 15) is 34.8 Å². The van der Waals surface area contributed by atoms with Gasteiger partial charge in [-0.05, 0) is 74.2 Å². The van der Waals surface area contributed by atoms with Crippen LogP contribution in [0.4, 0.5) is 13.2 Å². The van der Waals surface area contributed by atoms with Crippen LogP contribution in [0.5, 0.6) is 0 Å². The van der Waals surface area contributed by atoms with Crippen LogP contribution in [-0.2, 0) is 30.8 Å². The van der Waals surface area contributed by atoms with Gasteiger partial charge in [0.15, 0.2) is 0 Å². The van der Waals surface area contributed by atoms with Crippen molar-refractivity contribution in [2.24, 2.45) is 5.92 Å². The summed E-state index contributed by atoms with van der Waals surface area (Å²) < 4.78 is 93.5. The average Bonchev–Trinajstić information content (AvgIpc) is 2.84. The lowest BCUT2D eigenvalue weighted by Gasteiger charge is -2.30. The van der Waals surface area contributed by atoms with Crippen molar-refractivity contribution >= 4 is 31.9 Å². The summed E-state index contributed by atoms with van der Waals surface area (Å²) in [6.07, 6.45) is -0.706. The van der Waals surface area contributed by atoms with E-state index >= 15 is 0 Å². The van der Waals surface area contributed by atoms with Crippen molar-refractivity contribution in [3.05, 3.63) is 65.7 Å². The number of alkyl halides is 3. The highest BCUT2D eigenvalue weighted by Crippen LogP contribution is 2.35. The molecular weight excluding hydrogens is 545 g/mol. The van der Waals surface area contributed by atoms with Crippen LogP contribution in [0.1, 0.15) is 30.4 Å². The van der Waals surface area contributed by atoms with Gasteiger partial charge in [-0.2, -0.15) is 13.2 Å². The maximum atomic E-state index is 13.5. The number of piperidine rings is 1. The molecule has 0 atom stereocenters. The fraction of sp³-hybridized carbons (Fsp3) is 0.400. The second kappa shape index (κ2) is 12.4. The van der Waals surface area contributed by atoms with Crippen LogP contribution in [0.25, 0.3) is 6.08 Å². The minimum Gasteiger partial charge on any atom is -0.480 e. The summed E-state index contributed by atoms with van der Waals surface area (Å²) in [6, 6.07) is 9.71. The van der Waals surface area contributed by atoms with Crippen LogP contribution in [-0.4, -0.2) is 64.7 Å². The number of aliphatic carboxylic acids is 1. The number of rotatable bonds is 11. The van der Waals surface area contributed by atoms with Crippen molar-refractivity contribution in [3.8, 4) is 0 Å². The predicted molar refractivity (Wildman–Crippen MR) is 136 cm³/mol. The lowest BCUT2D eigenvalue weighted by molar-refractivity contribution is -0.139. The van der Waals surface area contributed by atoms with Gasteiger partial charge in [0, 0.05) is 6.54 Å².